The number of phenols is 1. The molecule has 0 saturated heterocycles. The van der Waals surface area contributed by atoms with Gasteiger partial charge in [-0.3, -0.25) is 0 Å². The summed E-state index contributed by atoms with van der Waals surface area (Å²) in [6.07, 6.45) is 5.70. The van der Waals surface area contributed by atoms with Gasteiger partial charge in [0.25, 0.3) is 0 Å². The summed E-state index contributed by atoms with van der Waals surface area (Å²) in [5, 5.41) is 13.5. The van der Waals surface area contributed by atoms with E-state index in [-0.39, 0.29) is 0 Å². The van der Waals surface area contributed by atoms with Crippen molar-refractivity contribution in [3.8, 4) is 5.75 Å². The zero-order valence-electron chi connectivity index (χ0n) is 21.7. The number of nitrogens with two attached hydrogens (primary N) is 1. The number of rotatable bonds is 13. The first kappa shape index (κ1) is 26.7. The van der Waals surface area contributed by atoms with E-state index in [1.807, 2.05) is 19.1 Å². The molecule has 0 spiro atoms. The van der Waals surface area contributed by atoms with Crippen LogP contribution < -0.4 is 5.73 Å². The van der Waals surface area contributed by atoms with Crippen molar-refractivity contribution in [1.82, 2.24) is 14.5 Å². The number of hydrogen-bond donors (Lipinski definition) is 2. The molecule has 0 atom stereocenters. The molecule has 0 unspecified atom stereocenters. The van der Waals surface area contributed by atoms with Gasteiger partial charge >= 0.3 is 0 Å². The highest BCUT2D eigenvalue weighted by molar-refractivity contribution is 7.78. The summed E-state index contributed by atoms with van der Waals surface area (Å²) < 4.78 is 8.02. The number of ether oxygens (including phenoxy) is 1. The lowest BCUT2D eigenvalue weighted by Gasteiger charge is -2.13. The summed E-state index contributed by atoms with van der Waals surface area (Å²) in [6.45, 7) is 6.81. The maximum atomic E-state index is 10.0. The summed E-state index contributed by atoms with van der Waals surface area (Å²) in [5.74, 6) is 1.78. The Balaban J connectivity index is 1.65. The zero-order valence-corrected chi connectivity index (χ0v) is 22.5. The first-order chi connectivity index (χ1) is 18.0. The van der Waals surface area contributed by atoms with Gasteiger partial charge in [0.1, 0.15) is 17.1 Å². The van der Waals surface area contributed by atoms with Gasteiger partial charge in [0.15, 0.2) is 5.82 Å². The molecular weight excluding hydrogens is 482 g/mol. The smallest absolute Gasteiger partial charge is 0.152 e. The molecule has 0 aliphatic heterocycles. The van der Waals surface area contributed by atoms with Crippen LogP contribution in [0.4, 0.5) is 5.82 Å². The van der Waals surface area contributed by atoms with Crippen molar-refractivity contribution in [3.63, 3.8) is 0 Å². The number of phenolic OH excluding ortho intramolecular Hbond substituents is 1. The van der Waals surface area contributed by atoms with E-state index >= 15 is 0 Å². The third-order valence-electron chi connectivity index (χ3n) is 6.58. The molecular formula is C29H35N5O2S. The van der Waals surface area contributed by atoms with Crippen molar-refractivity contribution in [3.05, 3.63) is 58.9 Å². The Morgan fingerprint density at radius 1 is 1.05 bits per heavy atom. The summed E-state index contributed by atoms with van der Waals surface area (Å²) in [4.78, 5) is 13.6. The van der Waals surface area contributed by atoms with Gasteiger partial charge in [-0.15, -0.1) is 0 Å². The number of aryl methyl sites for hydroxylation is 3. The van der Waals surface area contributed by atoms with Crippen LogP contribution in [0.2, 0.25) is 0 Å². The lowest BCUT2D eigenvalue weighted by atomic mass is 10.1. The quantitative estimate of drug-likeness (QED) is 0.128. The van der Waals surface area contributed by atoms with Crippen LogP contribution >= 0.6 is 12.2 Å². The molecule has 4 aromatic rings. The molecule has 0 radical (unpaired) electrons. The molecule has 3 N–H and O–H groups in total. The van der Waals surface area contributed by atoms with Crippen LogP contribution in [0.15, 0.2) is 41.4 Å². The minimum atomic E-state index is 0.307. The summed E-state index contributed by atoms with van der Waals surface area (Å²) in [5.41, 5.74) is 12.3. The second kappa shape index (κ2) is 12.8. The van der Waals surface area contributed by atoms with Crippen LogP contribution in [0.25, 0.3) is 21.9 Å². The fourth-order valence-corrected chi connectivity index (χ4v) is 4.72. The van der Waals surface area contributed by atoms with Gasteiger partial charge in [0.2, 0.25) is 0 Å². The number of nitrogen functional groups attached to an aromatic ring is 1. The molecule has 0 bridgehead atoms. The molecule has 194 valence electrons. The highest BCUT2D eigenvalue weighted by Gasteiger charge is 2.18. The molecule has 0 aliphatic carbocycles. The number of fused-ring (bicyclic) bond motifs is 3. The summed E-state index contributed by atoms with van der Waals surface area (Å²) in [7, 11) is 0. The summed E-state index contributed by atoms with van der Waals surface area (Å²) in [6, 6.07) is 12.2. The number of unbranched alkanes of at least 4 members (excludes halogenated alkanes) is 1. The van der Waals surface area contributed by atoms with E-state index in [1.165, 1.54) is 5.56 Å². The lowest BCUT2D eigenvalue weighted by molar-refractivity contribution is 0.131. The number of anilines is 1. The number of pyridine rings is 1. The highest BCUT2D eigenvalue weighted by Crippen LogP contribution is 2.31. The van der Waals surface area contributed by atoms with E-state index in [9.17, 15) is 5.11 Å². The Morgan fingerprint density at radius 3 is 2.65 bits per heavy atom. The number of aliphatic imine (C=N–C) groups is 1. The van der Waals surface area contributed by atoms with Gasteiger partial charge in [-0.2, -0.15) is 0 Å². The number of aromatic nitrogens is 3. The number of imidazole rings is 1. The molecule has 8 heteroatoms. The van der Waals surface area contributed by atoms with E-state index in [4.69, 9.17) is 15.5 Å². The number of benzene rings is 2. The minimum Gasteiger partial charge on any atom is -0.508 e. The van der Waals surface area contributed by atoms with Gasteiger partial charge in [-0.1, -0.05) is 31.5 Å². The number of nitrogens with zero attached hydrogens (tertiary/aromatic N) is 4. The van der Waals surface area contributed by atoms with Crippen molar-refractivity contribution in [2.24, 2.45) is 4.99 Å². The molecule has 2 aromatic carbocycles. The molecule has 0 amide bonds. The highest BCUT2D eigenvalue weighted by atomic mass is 32.1. The first-order valence-electron chi connectivity index (χ1n) is 13.0. The largest absolute Gasteiger partial charge is 0.508 e. The predicted octanol–water partition coefficient (Wildman–Crippen LogP) is 6.01. The number of isothiocyanates is 1. The minimum absolute atomic E-state index is 0.307. The van der Waals surface area contributed by atoms with Crippen LogP contribution in [-0.2, 0) is 24.1 Å². The second-order valence-corrected chi connectivity index (χ2v) is 9.61. The average molecular weight is 518 g/mol. The van der Waals surface area contributed by atoms with E-state index < -0.39 is 0 Å². The van der Waals surface area contributed by atoms with Gasteiger partial charge in [-0.05, 0) is 79.7 Å². The fraction of sp³-hybridized carbons (Fsp3) is 0.414. The molecule has 0 fully saturated rings. The van der Waals surface area contributed by atoms with Crippen LogP contribution in [0.5, 0.6) is 5.75 Å². The van der Waals surface area contributed by atoms with Gasteiger partial charge < -0.3 is 20.1 Å². The Morgan fingerprint density at radius 2 is 1.86 bits per heavy atom. The monoisotopic (exact) mass is 517 g/mol. The lowest BCUT2D eigenvalue weighted by Crippen LogP contribution is -2.06. The fourth-order valence-electron chi connectivity index (χ4n) is 4.63. The normalized spacial score (nSPS) is 11.3. The van der Waals surface area contributed by atoms with Crippen molar-refractivity contribution in [2.45, 2.75) is 58.9 Å². The first-order valence-corrected chi connectivity index (χ1v) is 13.4. The van der Waals surface area contributed by atoms with Crippen LogP contribution in [-0.4, -0.2) is 44.6 Å². The van der Waals surface area contributed by atoms with E-state index in [1.54, 1.807) is 6.07 Å². The molecule has 2 aromatic heterocycles. The predicted molar refractivity (Wildman–Crippen MR) is 154 cm³/mol. The Kier molecular flexibility index (Phi) is 9.23. The Labute approximate surface area is 223 Å². The van der Waals surface area contributed by atoms with E-state index in [0.29, 0.717) is 37.9 Å². The maximum Gasteiger partial charge on any atom is 0.152 e. The topological polar surface area (TPSA) is 98.5 Å². The average Bonchev–Trinajstić information content (AvgIpc) is 3.25. The third kappa shape index (κ3) is 6.52. The molecule has 0 aliphatic rings. The van der Waals surface area contributed by atoms with Crippen molar-refractivity contribution in [1.29, 1.82) is 0 Å². The van der Waals surface area contributed by atoms with Crippen molar-refractivity contribution < 1.29 is 9.84 Å². The molecule has 2 heterocycles. The number of hydrogen-bond acceptors (Lipinski definition) is 7. The molecule has 4 rings (SSSR count). The third-order valence-corrected chi connectivity index (χ3v) is 6.71. The summed E-state index contributed by atoms with van der Waals surface area (Å²) >= 11 is 4.58. The zero-order chi connectivity index (χ0) is 26.2. The molecule has 7 nitrogen and oxygen atoms in total. The van der Waals surface area contributed by atoms with E-state index in [2.05, 4.69) is 57.0 Å². The molecule has 0 saturated carbocycles. The van der Waals surface area contributed by atoms with Gasteiger partial charge in [-0.25, -0.2) is 15.0 Å². The van der Waals surface area contributed by atoms with E-state index in [0.717, 1.165) is 77.4 Å². The number of thiocarbonyl (C=S) groups is 1. The second-order valence-electron chi connectivity index (χ2n) is 9.43. The van der Waals surface area contributed by atoms with Crippen molar-refractivity contribution in [2.75, 3.05) is 25.5 Å². The van der Waals surface area contributed by atoms with Crippen molar-refractivity contribution >= 4 is 45.1 Å². The molecule has 37 heavy (non-hydrogen) atoms. The standard InChI is InChI=1S/C29H35N5O2S/c1-3-4-8-26-33-27-28(34(26)18-22-10-12-25(35)20(2)16-22)23-17-21(9-11-24(23)32-29(27)30)7-5-14-36-15-6-13-31-19-37/h9-12,16-17,35H,3-8,13-15,18H2,1-2H3,(H2,30,32). The number of aromatic hydroxyl groups is 1. The maximum absolute atomic E-state index is 10.0. The SMILES string of the molecule is CCCCc1nc2c(N)nc3ccc(CCCOCCCN=C=S)cc3c2n1Cc1ccc(O)c(C)c1. The van der Waals surface area contributed by atoms with Crippen LogP contribution in [0.3, 0.4) is 0 Å². The van der Waals surface area contributed by atoms with Crippen LogP contribution in [0, 0.1) is 6.92 Å². The Hall–Kier alpha value is -3.32. The van der Waals surface area contributed by atoms with Gasteiger partial charge in [0, 0.05) is 31.6 Å². The Bertz CT molecular complexity index is 1430. The van der Waals surface area contributed by atoms with Crippen LogP contribution in [0.1, 0.15) is 55.1 Å². The van der Waals surface area contributed by atoms with Gasteiger partial charge in [0.05, 0.1) is 22.7 Å².